The van der Waals surface area contributed by atoms with Gasteiger partial charge in [-0.25, -0.2) is 8.42 Å². The fraction of sp³-hybridized carbons (Fsp3) is 0.208. The van der Waals surface area contributed by atoms with Gasteiger partial charge < -0.3 is 19.5 Å². The van der Waals surface area contributed by atoms with Crippen molar-refractivity contribution in [3.05, 3.63) is 76.8 Å². The van der Waals surface area contributed by atoms with Crippen molar-refractivity contribution in [1.82, 2.24) is 5.32 Å². The normalized spacial score (nSPS) is 10.9. The van der Waals surface area contributed by atoms with Crippen LogP contribution in [0.25, 0.3) is 0 Å². The summed E-state index contributed by atoms with van der Waals surface area (Å²) in [6.07, 6.45) is 0. The van der Waals surface area contributed by atoms with Gasteiger partial charge in [-0.2, -0.15) is 0 Å². The molecular formula is C24H25ClN2O6S. The van der Waals surface area contributed by atoms with Crippen LogP contribution in [0.2, 0.25) is 5.02 Å². The van der Waals surface area contributed by atoms with Gasteiger partial charge in [-0.05, 0) is 67.1 Å². The topological polar surface area (TPSA) is 103 Å². The largest absolute Gasteiger partial charge is 0.496 e. The second-order valence-corrected chi connectivity index (χ2v) is 9.37. The number of halogens is 1. The Morgan fingerprint density at radius 1 is 0.941 bits per heavy atom. The molecule has 1 amide bonds. The van der Waals surface area contributed by atoms with Crippen LogP contribution in [0, 0.1) is 6.92 Å². The molecule has 0 saturated heterocycles. The summed E-state index contributed by atoms with van der Waals surface area (Å²) < 4.78 is 44.1. The fourth-order valence-electron chi connectivity index (χ4n) is 3.17. The lowest BCUT2D eigenvalue weighted by Crippen LogP contribution is -2.28. The minimum Gasteiger partial charge on any atom is -0.496 e. The van der Waals surface area contributed by atoms with Gasteiger partial charge in [-0.1, -0.05) is 17.7 Å². The summed E-state index contributed by atoms with van der Waals surface area (Å²) in [6, 6.07) is 16.1. The lowest BCUT2D eigenvalue weighted by Gasteiger charge is -2.14. The molecule has 10 heteroatoms. The average Bonchev–Trinajstić information content (AvgIpc) is 2.82. The number of carbonyl (C=O) groups is 1. The van der Waals surface area contributed by atoms with Crippen LogP contribution < -0.4 is 24.2 Å². The number of hydrogen-bond acceptors (Lipinski definition) is 6. The fourth-order valence-corrected chi connectivity index (χ4v) is 4.44. The zero-order valence-corrected chi connectivity index (χ0v) is 20.5. The second kappa shape index (κ2) is 11.1. The van der Waals surface area contributed by atoms with Crippen molar-refractivity contribution in [2.75, 3.05) is 25.5 Å². The van der Waals surface area contributed by atoms with Gasteiger partial charge in [0.2, 0.25) is 0 Å². The molecule has 0 spiro atoms. The standard InChI is InChI=1S/C24H25ClN2O6S/c1-16-13-19(34(29,30)27-18-9-7-17(25)8-10-18)11-12-21(16)33-15-24(28)26-14-20-22(31-2)5-4-6-23(20)32-3/h4-13,27H,14-15H2,1-3H3,(H,26,28). The number of aryl methyl sites for hydroxylation is 1. The maximum Gasteiger partial charge on any atom is 0.261 e. The average molecular weight is 505 g/mol. The number of methoxy groups -OCH3 is 2. The summed E-state index contributed by atoms with van der Waals surface area (Å²) in [5.74, 6) is 1.24. The molecule has 0 radical (unpaired) electrons. The van der Waals surface area contributed by atoms with E-state index in [1.807, 2.05) is 0 Å². The highest BCUT2D eigenvalue weighted by molar-refractivity contribution is 7.92. The first-order valence-electron chi connectivity index (χ1n) is 10.2. The molecule has 3 aromatic rings. The first-order chi connectivity index (χ1) is 16.2. The van der Waals surface area contributed by atoms with E-state index in [4.69, 9.17) is 25.8 Å². The summed E-state index contributed by atoms with van der Waals surface area (Å²) in [5.41, 5.74) is 1.67. The molecular weight excluding hydrogens is 480 g/mol. The van der Waals surface area contributed by atoms with Crippen molar-refractivity contribution < 1.29 is 27.4 Å². The third kappa shape index (κ3) is 6.33. The number of anilines is 1. The van der Waals surface area contributed by atoms with Crippen LogP contribution in [-0.2, 0) is 21.4 Å². The number of benzene rings is 3. The zero-order valence-electron chi connectivity index (χ0n) is 18.9. The number of sulfonamides is 1. The lowest BCUT2D eigenvalue weighted by atomic mass is 10.1. The number of rotatable bonds is 10. The third-order valence-corrected chi connectivity index (χ3v) is 6.54. The van der Waals surface area contributed by atoms with E-state index in [-0.39, 0.29) is 24.0 Å². The SMILES string of the molecule is COc1cccc(OC)c1CNC(=O)COc1ccc(S(=O)(=O)Nc2ccc(Cl)cc2)cc1C. The molecule has 8 nitrogen and oxygen atoms in total. The van der Waals surface area contributed by atoms with E-state index in [9.17, 15) is 13.2 Å². The lowest BCUT2D eigenvalue weighted by molar-refractivity contribution is -0.123. The number of hydrogen-bond donors (Lipinski definition) is 2. The summed E-state index contributed by atoms with van der Waals surface area (Å²) in [4.78, 5) is 12.4. The monoisotopic (exact) mass is 504 g/mol. The van der Waals surface area contributed by atoms with Crippen LogP contribution in [-0.4, -0.2) is 35.2 Å². The maximum atomic E-state index is 12.7. The molecule has 0 bridgehead atoms. The Morgan fingerprint density at radius 2 is 1.59 bits per heavy atom. The molecule has 0 aromatic heterocycles. The molecule has 3 rings (SSSR count). The quantitative estimate of drug-likeness (QED) is 0.429. The Kier molecular flexibility index (Phi) is 8.25. The van der Waals surface area contributed by atoms with E-state index >= 15 is 0 Å². The molecule has 0 aliphatic rings. The predicted molar refractivity (Wildman–Crippen MR) is 130 cm³/mol. The molecule has 0 aliphatic carbocycles. The first-order valence-corrected chi connectivity index (χ1v) is 12.1. The molecule has 2 N–H and O–H groups in total. The van der Waals surface area contributed by atoms with Crippen LogP contribution >= 0.6 is 11.6 Å². The molecule has 0 heterocycles. The van der Waals surface area contributed by atoms with E-state index < -0.39 is 10.0 Å². The molecule has 0 aliphatic heterocycles. The first kappa shape index (κ1) is 25.2. The van der Waals surface area contributed by atoms with Gasteiger partial charge in [0.1, 0.15) is 17.2 Å². The summed E-state index contributed by atoms with van der Waals surface area (Å²) in [5, 5.41) is 3.27. The Labute approximate surface area is 203 Å². The van der Waals surface area contributed by atoms with Crippen molar-refractivity contribution in [1.29, 1.82) is 0 Å². The highest BCUT2D eigenvalue weighted by atomic mass is 35.5. The highest BCUT2D eigenvalue weighted by Crippen LogP contribution is 2.28. The van der Waals surface area contributed by atoms with Gasteiger partial charge in [0, 0.05) is 10.7 Å². The molecule has 3 aromatic carbocycles. The van der Waals surface area contributed by atoms with E-state index in [1.54, 1.807) is 63.6 Å². The second-order valence-electron chi connectivity index (χ2n) is 7.25. The predicted octanol–water partition coefficient (Wildman–Crippen LogP) is 4.16. The van der Waals surface area contributed by atoms with Gasteiger partial charge in [-0.3, -0.25) is 9.52 Å². The highest BCUT2D eigenvalue weighted by Gasteiger charge is 2.17. The molecule has 0 atom stereocenters. The molecule has 0 fully saturated rings. The van der Waals surface area contributed by atoms with Crippen LogP contribution in [0.4, 0.5) is 5.69 Å². The van der Waals surface area contributed by atoms with Crippen molar-refractivity contribution in [3.63, 3.8) is 0 Å². The zero-order chi connectivity index (χ0) is 24.7. The minimum absolute atomic E-state index is 0.0695. The van der Waals surface area contributed by atoms with Gasteiger partial charge in [0.05, 0.1) is 31.2 Å². The van der Waals surface area contributed by atoms with Gasteiger partial charge >= 0.3 is 0 Å². The Balaban J connectivity index is 1.61. The van der Waals surface area contributed by atoms with E-state index in [1.165, 1.54) is 18.2 Å². The number of amides is 1. The Hall–Kier alpha value is -3.43. The maximum absolute atomic E-state index is 12.7. The van der Waals surface area contributed by atoms with E-state index in [0.717, 1.165) is 0 Å². The van der Waals surface area contributed by atoms with Crippen LogP contribution in [0.3, 0.4) is 0 Å². The van der Waals surface area contributed by atoms with E-state index in [2.05, 4.69) is 10.0 Å². The van der Waals surface area contributed by atoms with Crippen molar-refractivity contribution >= 4 is 33.2 Å². The van der Waals surface area contributed by atoms with E-state index in [0.29, 0.717) is 39.1 Å². The van der Waals surface area contributed by atoms with Crippen molar-refractivity contribution in [2.24, 2.45) is 0 Å². The molecule has 180 valence electrons. The van der Waals surface area contributed by atoms with Gasteiger partial charge in [0.15, 0.2) is 6.61 Å². The van der Waals surface area contributed by atoms with Gasteiger partial charge in [0.25, 0.3) is 15.9 Å². The van der Waals surface area contributed by atoms with Crippen LogP contribution in [0.5, 0.6) is 17.2 Å². The molecule has 0 unspecified atom stereocenters. The minimum atomic E-state index is -3.80. The summed E-state index contributed by atoms with van der Waals surface area (Å²) >= 11 is 5.84. The number of ether oxygens (including phenoxy) is 3. The number of nitrogens with one attached hydrogen (secondary N) is 2. The smallest absolute Gasteiger partial charge is 0.261 e. The number of carbonyl (C=O) groups excluding carboxylic acids is 1. The summed E-state index contributed by atoms with van der Waals surface area (Å²) in [7, 11) is -0.716. The Morgan fingerprint density at radius 3 is 2.18 bits per heavy atom. The van der Waals surface area contributed by atoms with Gasteiger partial charge in [-0.15, -0.1) is 0 Å². The summed E-state index contributed by atoms with van der Waals surface area (Å²) in [6.45, 7) is 1.66. The van der Waals surface area contributed by atoms with Crippen molar-refractivity contribution in [2.45, 2.75) is 18.4 Å². The van der Waals surface area contributed by atoms with Crippen LogP contribution in [0.15, 0.2) is 65.6 Å². The van der Waals surface area contributed by atoms with Crippen molar-refractivity contribution in [3.8, 4) is 17.2 Å². The third-order valence-electron chi connectivity index (χ3n) is 4.90. The van der Waals surface area contributed by atoms with Crippen LogP contribution in [0.1, 0.15) is 11.1 Å². The molecule has 0 saturated carbocycles. The Bertz CT molecular complexity index is 1240. The molecule has 34 heavy (non-hydrogen) atoms.